The highest BCUT2D eigenvalue weighted by Gasteiger charge is 2.07. The SMILES string of the molecule is NCc1ccc(CSc2nnc3ccccn23)o1. The summed E-state index contributed by atoms with van der Waals surface area (Å²) in [5.74, 6) is 2.42. The molecule has 0 atom stereocenters. The molecule has 5 nitrogen and oxygen atoms in total. The number of hydrogen-bond donors (Lipinski definition) is 1. The summed E-state index contributed by atoms with van der Waals surface area (Å²) in [6.07, 6.45) is 1.95. The molecule has 18 heavy (non-hydrogen) atoms. The van der Waals surface area contributed by atoms with Gasteiger partial charge in [0, 0.05) is 6.20 Å². The number of rotatable bonds is 4. The molecule has 3 rings (SSSR count). The van der Waals surface area contributed by atoms with Crippen LogP contribution in [0.2, 0.25) is 0 Å². The van der Waals surface area contributed by atoms with Crippen molar-refractivity contribution in [1.29, 1.82) is 0 Å². The Morgan fingerprint density at radius 2 is 2.06 bits per heavy atom. The van der Waals surface area contributed by atoms with E-state index < -0.39 is 0 Å². The van der Waals surface area contributed by atoms with Gasteiger partial charge in [-0.05, 0) is 24.3 Å². The summed E-state index contributed by atoms with van der Waals surface area (Å²) in [7, 11) is 0. The minimum absolute atomic E-state index is 0.429. The van der Waals surface area contributed by atoms with E-state index in [1.165, 1.54) is 0 Å². The van der Waals surface area contributed by atoms with Gasteiger partial charge < -0.3 is 10.2 Å². The van der Waals surface area contributed by atoms with Crippen LogP contribution in [0.5, 0.6) is 0 Å². The fraction of sp³-hybridized carbons (Fsp3) is 0.167. The number of aromatic nitrogens is 3. The van der Waals surface area contributed by atoms with Crippen LogP contribution in [-0.4, -0.2) is 14.6 Å². The van der Waals surface area contributed by atoms with Crippen LogP contribution < -0.4 is 5.73 Å². The lowest BCUT2D eigenvalue weighted by Crippen LogP contribution is -1.92. The Balaban J connectivity index is 1.76. The average molecular weight is 260 g/mol. The lowest BCUT2D eigenvalue weighted by molar-refractivity contribution is 0.482. The Bertz CT molecular complexity index is 661. The van der Waals surface area contributed by atoms with Crippen LogP contribution in [-0.2, 0) is 12.3 Å². The van der Waals surface area contributed by atoms with Crippen LogP contribution >= 0.6 is 11.8 Å². The standard InChI is InChI=1S/C12H12N4OS/c13-7-9-4-5-10(17-9)8-18-12-15-14-11-3-1-2-6-16(11)12/h1-6H,7-8,13H2. The predicted molar refractivity (Wildman–Crippen MR) is 69.1 cm³/mol. The number of fused-ring (bicyclic) bond motifs is 1. The second kappa shape index (κ2) is 4.83. The van der Waals surface area contributed by atoms with Crippen molar-refractivity contribution in [1.82, 2.24) is 14.6 Å². The van der Waals surface area contributed by atoms with Crippen molar-refractivity contribution in [3.8, 4) is 0 Å². The van der Waals surface area contributed by atoms with E-state index >= 15 is 0 Å². The van der Waals surface area contributed by atoms with Gasteiger partial charge in [-0.15, -0.1) is 10.2 Å². The fourth-order valence-corrected chi connectivity index (χ4v) is 2.48. The maximum Gasteiger partial charge on any atom is 0.196 e. The fourth-order valence-electron chi connectivity index (χ4n) is 1.66. The third-order valence-corrected chi connectivity index (χ3v) is 3.51. The largest absolute Gasteiger partial charge is 0.464 e. The number of pyridine rings is 1. The van der Waals surface area contributed by atoms with Crippen molar-refractivity contribution >= 4 is 17.4 Å². The van der Waals surface area contributed by atoms with E-state index in [1.54, 1.807) is 11.8 Å². The maximum absolute atomic E-state index is 5.54. The van der Waals surface area contributed by atoms with Crippen molar-refractivity contribution < 1.29 is 4.42 Å². The van der Waals surface area contributed by atoms with Gasteiger partial charge in [-0.2, -0.15) is 0 Å². The molecule has 3 heterocycles. The summed E-state index contributed by atoms with van der Waals surface area (Å²) >= 11 is 1.59. The van der Waals surface area contributed by atoms with Crippen LogP contribution in [0.3, 0.4) is 0 Å². The molecule has 0 fully saturated rings. The normalized spacial score (nSPS) is 11.2. The van der Waals surface area contributed by atoms with E-state index in [9.17, 15) is 0 Å². The Hall–Kier alpha value is -1.79. The Labute approximate surface area is 108 Å². The van der Waals surface area contributed by atoms with E-state index in [0.29, 0.717) is 6.54 Å². The van der Waals surface area contributed by atoms with Gasteiger partial charge in [0.2, 0.25) is 0 Å². The molecule has 0 aliphatic rings. The smallest absolute Gasteiger partial charge is 0.196 e. The predicted octanol–water partition coefficient (Wildman–Crippen LogP) is 2.07. The molecule has 0 saturated carbocycles. The second-order valence-corrected chi connectivity index (χ2v) is 4.71. The molecule has 2 N–H and O–H groups in total. The van der Waals surface area contributed by atoms with Gasteiger partial charge >= 0.3 is 0 Å². The van der Waals surface area contributed by atoms with Crippen LogP contribution in [0.4, 0.5) is 0 Å². The first kappa shape index (κ1) is 11.3. The average Bonchev–Trinajstić information content (AvgIpc) is 3.03. The molecular formula is C12H12N4OS. The zero-order valence-electron chi connectivity index (χ0n) is 9.61. The van der Waals surface area contributed by atoms with Crippen molar-refractivity contribution in [2.75, 3.05) is 0 Å². The van der Waals surface area contributed by atoms with E-state index in [1.807, 2.05) is 40.9 Å². The molecule has 3 aromatic heterocycles. The molecule has 0 aliphatic carbocycles. The van der Waals surface area contributed by atoms with Crippen LogP contribution in [0.25, 0.3) is 5.65 Å². The molecule has 0 radical (unpaired) electrons. The van der Waals surface area contributed by atoms with Crippen molar-refractivity contribution in [3.05, 3.63) is 48.0 Å². The number of nitrogens with two attached hydrogens (primary N) is 1. The molecule has 0 saturated heterocycles. The number of hydrogen-bond acceptors (Lipinski definition) is 5. The Morgan fingerprint density at radius 1 is 1.17 bits per heavy atom. The first-order chi connectivity index (χ1) is 8.86. The van der Waals surface area contributed by atoms with Crippen LogP contribution in [0.15, 0.2) is 46.1 Å². The van der Waals surface area contributed by atoms with Gasteiger partial charge in [-0.1, -0.05) is 17.8 Å². The molecule has 0 aromatic carbocycles. The first-order valence-electron chi connectivity index (χ1n) is 5.57. The highest BCUT2D eigenvalue weighted by molar-refractivity contribution is 7.98. The molecular weight excluding hydrogens is 248 g/mol. The first-order valence-corrected chi connectivity index (χ1v) is 6.55. The quantitative estimate of drug-likeness (QED) is 0.727. The van der Waals surface area contributed by atoms with E-state index in [0.717, 1.165) is 28.1 Å². The second-order valence-electron chi connectivity index (χ2n) is 3.77. The van der Waals surface area contributed by atoms with Crippen LogP contribution in [0.1, 0.15) is 11.5 Å². The number of furan rings is 1. The van der Waals surface area contributed by atoms with Crippen molar-refractivity contribution in [2.24, 2.45) is 5.73 Å². The molecule has 0 bridgehead atoms. The van der Waals surface area contributed by atoms with E-state index in [4.69, 9.17) is 10.2 Å². The van der Waals surface area contributed by atoms with Crippen molar-refractivity contribution in [3.63, 3.8) is 0 Å². The third kappa shape index (κ3) is 2.12. The molecule has 3 aromatic rings. The van der Waals surface area contributed by atoms with Gasteiger partial charge in [-0.3, -0.25) is 4.40 Å². The molecule has 0 aliphatic heterocycles. The molecule has 92 valence electrons. The number of thioether (sulfide) groups is 1. The molecule has 0 spiro atoms. The summed E-state index contributed by atoms with van der Waals surface area (Å²) in [6, 6.07) is 9.67. The van der Waals surface area contributed by atoms with Gasteiger partial charge in [0.05, 0.1) is 12.3 Å². The Morgan fingerprint density at radius 3 is 2.89 bits per heavy atom. The summed E-state index contributed by atoms with van der Waals surface area (Å²) in [5, 5.41) is 9.10. The molecule has 6 heteroatoms. The zero-order valence-corrected chi connectivity index (χ0v) is 10.4. The van der Waals surface area contributed by atoms with E-state index in [2.05, 4.69) is 10.2 Å². The summed E-state index contributed by atoms with van der Waals surface area (Å²) in [4.78, 5) is 0. The highest BCUT2D eigenvalue weighted by atomic mass is 32.2. The summed E-state index contributed by atoms with van der Waals surface area (Å²) in [6.45, 7) is 0.429. The zero-order chi connectivity index (χ0) is 12.4. The molecule has 0 amide bonds. The van der Waals surface area contributed by atoms with Gasteiger partial charge in [0.25, 0.3) is 0 Å². The van der Waals surface area contributed by atoms with Gasteiger partial charge in [0.1, 0.15) is 11.5 Å². The lowest BCUT2D eigenvalue weighted by Gasteiger charge is -1.97. The molecule has 0 unspecified atom stereocenters. The summed E-state index contributed by atoms with van der Waals surface area (Å²) < 4.78 is 7.50. The topological polar surface area (TPSA) is 69.3 Å². The maximum atomic E-state index is 5.54. The van der Waals surface area contributed by atoms with Gasteiger partial charge in [-0.25, -0.2) is 0 Å². The Kier molecular flexibility index (Phi) is 3.04. The van der Waals surface area contributed by atoms with Crippen molar-refractivity contribution in [2.45, 2.75) is 17.5 Å². The monoisotopic (exact) mass is 260 g/mol. The van der Waals surface area contributed by atoms with Crippen LogP contribution in [0, 0.1) is 0 Å². The van der Waals surface area contributed by atoms with E-state index in [-0.39, 0.29) is 0 Å². The third-order valence-electron chi connectivity index (χ3n) is 2.54. The minimum Gasteiger partial charge on any atom is -0.464 e. The summed E-state index contributed by atoms with van der Waals surface area (Å²) in [5.41, 5.74) is 6.35. The minimum atomic E-state index is 0.429. The van der Waals surface area contributed by atoms with Gasteiger partial charge in [0.15, 0.2) is 10.8 Å². The number of nitrogens with zero attached hydrogens (tertiary/aromatic N) is 3. The lowest BCUT2D eigenvalue weighted by atomic mass is 10.4. The highest BCUT2D eigenvalue weighted by Crippen LogP contribution is 2.22.